The van der Waals surface area contributed by atoms with Gasteiger partial charge in [-0.15, -0.1) is 0 Å². The van der Waals surface area contributed by atoms with Gasteiger partial charge < -0.3 is 9.84 Å². The third-order valence-corrected chi connectivity index (χ3v) is 3.31. The van der Waals surface area contributed by atoms with Crippen LogP contribution in [0.4, 0.5) is 4.39 Å². The van der Waals surface area contributed by atoms with Gasteiger partial charge >= 0.3 is 0 Å². The molecule has 3 heteroatoms. The van der Waals surface area contributed by atoms with Gasteiger partial charge in [-0.1, -0.05) is 37.6 Å². The van der Waals surface area contributed by atoms with Crippen molar-refractivity contribution >= 4 is 0 Å². The lowest BCUT2D eigenvalue weighted by atomic mass is 9.98. The molecule has 0 heterocycles. The van der Waals surface area contributed by atoms with E-state index in [4.69, 9.17) is 4.74 Å². The molecule has 2 rings (SSSR count). The van der Waals surface area contributed by atoms with Crippen LogP contribution in [0, 0.1) is 5.82 Å². The SMILES string of the molecule is CCCc1cccc(C(O)c2ccc(OC)cc2F)c1. The van der Waals surface area contributed by atoms with Gasteiger partial charge in [0.1, 0.15) is 17.7 Å². The molecular formula is C17H19FO2. The summed E-state index contributed by atoms with van der Waals surface area (Å²) in [6, 6.07) is 12.2. The van der Waals surface area contributed by atoms with Gasteiger partial charge in [0.15, 0.2) is 0 Å². The Labute approximate surface area is 118 Å². The van der Waals surface area contributed by atoms with Gasteiger partial charge in [-0.05, 0) is 29.7 Å². The summed E-state index contributed by atoms with van der Waals surface area (Å²) in [7, 11) is 1.49. The highest BCUT2D eigenvalue weighted by Crippen LogP contribution is 2.27. The minimum atomic E-state index is -0.960. The first-order valence-corrected chi connectivity index (χ1v) is 6.76. The number of aliphatic hydroxyl groups is 1. The molecule has 1 N–H and O–H groups in total. The lowest BCUT2D eigenvalue weighted by Crippen LogP contribution is -2.03. The van der Waals surface area contributed by atoms with Crippen molar-refractivity contribution in [3.63, 3.8) is 0 Å². The fraction of sp³-hybridized carbons (Fsp3) is 0.294. The van der Waals surface area contributed by atoms with Crippen LogP contribution < -0.4 is 4.74 Å². The summed E-state index contributed by atoms with van der Waals surface area (Å²) < 4.78 is 18.9. The van der Waals surface area contributed by atoms with E-state index in [0.717, 1.165) is 18.4 Å². The van der Waals surface area contributed by atoms with Gasteiger partial charge in [0.05, 0.1) is 7.11 Å². The molecule has 2 aromatic carbocycles. The average Bonchev–Trinajstić information content (AvgIpc) is 2.47. The average molecular weight is 274 g/mol. The van der Waals surface area contributed by atoms with Crippen LogP contribution in [-0.2, 0) is 6.42 Å². The Balaban J connectivity index is 2.30. The third kappa shape index (κ3) is 3.17. The van der Waals surface area contributed by atoms with E-state index in [2.05, 4.69) is 6.92 Å². The fourth-order valence-electron chi connectivity index (χ4n) is 2.24. The highest BCUT2D eigenvalue weighted by Gasteiger charge is 2.15. The van der Waals surface area contributed by atoms with E-state index >= 15 is 0 Å². The highest BCUT2D eigenvalue weighted by molar-refractivity contribution is 5.36. The van der Waals surface area contributed by atoms with Crippen LogP contribution >= 0.6 is 0 Å². The molecule has 0 fully saturated rings. The maximum absolute atomic E-state index is 14.0. The second kappa shape index (κ2) is 6.53. The number of aryl methyl sites for hydroxylation is 1. The van der Waals surface area contributed by atoms with Crippen LogP contribution in [0.15, 0.2) is 42.5 Å². The van der Waals surface area contributed by atoms with Gasteiger partial charge in [-0.25, -0.2) is 4.39 Å². The van der Waals surface area contributed by atoms with Crippen molar-refractivity contribution in [2.24, 2.45) is 0 Å². The van der Waals surface area contributed by atoms with Crippen molar-refractivity contribution < 1.29 is 14.2 Å². The maximum Gasteiger partial charge on any atom is 0.133 e. The summed E-state index contributed by atoms with van der Waals surface area (Å²) in [5.74, 6) is -0.0177. The smallest absolute Gasteiger partial charge is 0.133 e. The molecule has 0 saturated carbocycles. The zero-order chi connectivity index (χ0) is 14.5. The van der Waals surface area contributed by atoms with Crippen molar-refractivity contribution in [2.45, 2.75) is 25.9 Å². The monoisotopic (exact) mass is 274 g/mol. The van der Waals surface area contributed by atoms with E-state index in [9.17, 15) is 9.50 Å². The minimum Gasteiger partial charge on any atom is -0.497 e. The number of halogens is 1. The lowest BCUT2D eigenvalue weighted by molar-refractivity contribution is 0.214. The normalized spacial score (nSPS) is 12.2. The van der Waals surface area contributed by atoms with Crippen LogP contribution in [-0.4, -0.2) is 12.2 Å². The molecule has 0 radical (unpaired) electrons. The standard InChI is InChI=1S/C17H19FO2/c1-3-5-12-6-4-7-13(10-12)17(19)15-9-8-14(20-2)11-16(15)18/h4,6-11,17,19H,3,5H2,1-2H3. The van der Waals surface area contributed by atoms with Gasteiger partial charge in [-0.2, -0.15) is 0 Å². The Bertz CT molecular complexity index is 581. The zero-order valence-electron chi connectivity index (χ0n) is 11.8. The molecule has 106 valence electrons. The second-order valence-corrected chi connectivity index (χ2v) is 4.79. The van der Waals surface area contributed by atoms with E-state index in [1.807, 2.05) is 24.3 Å². The summed E-state index contributed by atoms with van der Waals surface area (Å²) in [4.78, 5) is 0. The van der Waals surface area contributed by atoms with E-state index in [1.54, 1.807) is 12.1 Å². The number of rotatable bonds is 5. The molecule has 1 unspecified atom stereocenters. The van der Waals surface area contributed by atoms with Crippen molar-refractivity contribution in [3.05, 3.63) is 65.0 Å². The Hall–Kier alpha value is -1.87. The molecule has 0 spiro atoms. The van der Waals surface area contributed by atoms with Crippen LogP contribution in [0.3, 0.4) is 0 Å². The molecule has 0 aromatic heterocycles. The molecule has 20 heavy (non-hydrogen) atoms. The van der Waals surface area contributed by atoms with Gasteiger partial charge in [-0.3, -0.25) is 0 Å². The Morgan fingerprint density at radius 3 is 2.65 bits per heavy atom. The quantitative estimate of drug-likeness (QED) is 0.897. The third-order valence-electron chi connectivity index (χ3n) is 3.31. The second-order valence-electron chi connectivity index (χ2n) is 4.79. The first-order chi connectivity index (χ1) is 9.65. The number of methoxy groups -OCH3 is 1. The molecule has 0 aliphatic heterocycles. The number of hydrogen-bond acceptors (Lipinski definition) is 2. The Morgan fingerprint density at radius 1 is 1.20 bits per heavy atom. The molecule has 0 aliphatic carbocycles. The Kier molecular flexibility index (Phi) is 4.74. The molecule has 1 atom stereocenters. The van der Waals surface area contributed by atoms with Crippen molar-refractivity contribution in [1.82, 2.24) is 0 Å². The van der Waals surface area contributed by atoms with E-state index < -0.39 is 11.9 Å². The molecule has 0 bridgehead atoms. The summed E-state index contributed by atoms with van der Waals surface area (Å²) in [6.07, 6.45) is 1.03. The first kappa shape index (κ1) is 14.5. The van der Waals surface area contributed by atoms with Crippen LogP contribution in [0.2, 0.25) is 0 Å². The number of hydrogen-bond donors (Lipinski definition) is 1. The number of ether oxygens (including phenoxy) is 1. The van der Waals surface area contributed by atoms with Crippen molar-refractivity contribution in [2.75, 3.05) is 7.11 Å². The summed E-state index contributed by atoms with van der Waals surface area (Å²) >= 11 is 0. The fourth-order valence-corrected chi connectivity index (χ4v) is 2.24. The van der Waals surface area contributed by atoms with Gasteiger partial charge in [0, 0.05) is 11.6 Å². The van der Waals surface area contributed by atoms with Crippen molar-refractivity contribution in [1.29, 1.82) is 0 Å². The lowest BCUT2D eigenvalue weighted by Gasteiger charge is -2.14. The highest BCUT2D eigenvalue weighted by atomic mass is 19.1. The molecule has 2 nitrogen and oxygen atoms in total. The molecule has 0 saturated heterocycles. The maximum atomic E-state index is 14.0. The number of aliphatic hydroxyl groups excluding tert-OH is 1. The zero-order valence-corrected chi connectivity index (χ0v) is 11.8. The van der Waals surface area contributed by atoms with E-state index in [-0.39, 0.29) is 5.56 Å². The topological polar surface area (TPSA) is 29.5 Å². The predicted molar refractivity (Wildman–Crippen MR) is 77.5 cm³/mol. The summed E-state index contributed by atoms with van der Waals surface area (Å²) in [5, 5.41) is 10.3. The largest absolute Gasteiger partial charge is 0.497 e. The first-order valence-electron chi connectivity index (χ1n) is 6.76. The Morgan fingerprint density at radius 2 is 2.00 bits per heavy atom. The van der Waals surface area contributed by atoms with Gasteiger partial charge in [0.25, 0.3) is 0 Å². The summed E-state index contributed by atoms with van der Waals surface area (Å²) in [6.45, 7) is 2.10. The van der Waals surface area contributed by atoms with Crippen LogP contribution in [0.25, 0.3) is 0 Å². The van der Waals surface area contributed by atoms with Crippen molar-refractivity contribution in [3.8, 4) is 5.75 Å². The summed E-state index contributed by atoms with van der Waals surface area (Å²) in [5.41, 5.74) is 2.12. The molecule has 0 amide bonds. The molecular weight excluding hydrogens is 255 g/mol. The van der Waals surface area contributed by atoms with E-state index in [1.165, 1.54) is 13.2 Å². The molecule has 2 aromatic rings. The van der Waals surface area contributed by atoms with Crippen LogP contribution in [0.5, 0.6) is 5.75 Å². The van der Waals surface area contributed by atoms with Crippen LogP contribution in [0.1, 0.15) is 36.1 Å². The number of benzene rings is 2. The molecule has 0 aliphatic rings. The predicted octanol–water partition coefficient (Wildman–Crippen LogP) is 3.87. The van der Waals surface area contributed by atoms with E-state index in [0.29, 0.717) is 11.3 Å². The minimum absolute atomic E-state index is 0.263. The van der Waals surface area contributed by atoms with Gasteiger partial charge in [0.2, 0.25) is 0 Å².